The molecule has 3 rings (SSSR count). The maximum atomic E-state index is 13.6. The van der Waals surface area contributed by atoms with Crippen molar-refractivity contribution < 1.29 is 28.2 Å². The minimum Gasteiger partial charge on any atom is -0.497 e. The van der Waals surface area contributed by atoms with Gasteiger partial charge in [-0.05, 0) is 56.7 Å². The Hall–Kier alpha value is -3.42. The average molecular weight is 400 g/mol. The van der Waals surface area contributed by atoms with E-state index in [2.05, 4.69) is 5.32 Å². The van der Waals surface area contributed by atoms with Gasteiger partial charge in [-0.3, -0.25) is 14.9 Å². The summed E-state index contributed by atoms with van der Waals surface area (Å²) in [5.74, 6) is -1.41. The molecule has 0 saturated heterocycles. The van der Waals surface area contributed by atoms with Crippen LogP contribution in [0.1, 0.15) is 53.2 Å². The monoisotopic (exact) mass is 400 g/mol. The smallest absolute Gasteiger partial charge is 0.409 e. The van der Waals surface area contributed by atoms with Crippen molar-refractivity contribution in [2.75, 3.05) is 7.11 Å². The summed E-state index contributed by atoms with van der Waals surface area (Å²) in [7, 11) is 1.50. The van der Waals surface area contributed by atoms with Crippen molar-refractivity contribution in [2.45, 2.75) is 32.5 Å². The zero-order valence-electron chi connectivity index (χ0n) is 16.5. The van der Waals surface area contributed by atoms with E-state index in [1.807, 2.05) is 0 Å². The lowest BCUT2D eigenvalue weighted by Gasteiger charge is -2.29. The molecule has 2 aromatic rings. The van der Waals surface area contributed by atoms with Crippen LogP contribution >= 0.6 is 0 Å². The molecule has 3 amide bonds. The molecule has 152 valence electrons. The van der Waals surface area contributed by atoms with Gasteiger partial charge in [0.05, 0.1) is 18.2 Å². The second-order valence-corrected chi connectivity index (χ2v) is 7.49. The minimum atomic E-state index is -1.15. The topological polar surface area (TPSA) is 84.9 Å². The molecule has 0 radical (unpaired) electrons. The molecule has 0 fully saturated rings. The number of nitrogens with zero attached hydrogens (tertiary/aromatic N) is 1. The molecule has 1 N–H and O–H groups in total. The van der Waals surface area contributed by atoms with Crippen molar-refractivity contribution in [1.29, 1.82) is 0 Å². The number of hydrogen-bond acceptors (Lipinski definition) is 5. The number of amides is 3. The highest BCUT2D eigenvalue weighted by atomic mass is 19.1. The highest BCUT2D eigenvalue weighted by molar-refractivity contribution is 6.21. The normalized spacial score (nSPS) is 14.4. The third-order valence-corrected chi connectivity index (χ3v) is 4.22. The molecule has 0 aliphatic carbocycles. The van der Waals surface area contributed by atoms with E-state index in [4.69, 9.17) is 9.47 Å². The number of imide groups is 1. The average Bonchev–Trinajstić information content (AvgIpc) is 2.89. The van der Waals surface area contributed by atoms with E-state index in [-0.39, 0.29) is 11.1 Å². The first-order valence-electron chi connectivity index (χ1n) is 8.91. The Kier molecular flexibility index (Phi) is 5.28. The van der Waals surface area contributed by atoms with Gasteiger partial charge in [-0.25, -0.2) is 14.1 Å². The Labute approximate surface area is 167 Å². The summed E-state index contributed by atoms with van der Waals surface area (Å²) in [4.78, 5) is 39.1. The Balaban J connectivity index is 1.99. The predicted octanol–water partition coefficient (Wildman–Crippen LogP) is 3.65. The van der Waals surface area contributed by atoms with Crippen molar-refractivity contribution in [1.82, 2.24) is 10.2 Å². The van der Waals surface area contributed by atoms with E-state index in [1.165, 1.54) is 13.2 Å². The molecule has 1 aliphatic heterocycles. The number of rotatable bonds is 4. The Morgan fingerprint density at radius 2 is 1.66 bits per heavy atom. The van der Waals surface area contributed by atoms with Gasteiger partial charge in [-0.2, -0.15) is 0 Å². The molecule has 1 unspecified atom stereocenters. The maximum absolute atomic E-state index is 13.6. The number of methoxy groups -OCH3 is 1. The molecule has 0 aromatic heterocycles. The largest absolute Gasteiger partial charge is 0.497 e. The second-order valence-electron chi connectivity index (χ2n) is 7.49. The molecule has 1 aliphatic rings. The molecule has 8 heteroatoms. The lowest BCUT2D eigenvalue weighted by atomic mass is 10.1. The summed E-state index contributed by atoms with van der Waals surface area (Å²) in [5, 5.41) is 2.57. The van der Waals surface area contributed by atoms with Crippen LogP contribution in [0, 0.1) is 5.82 Å². The van der Waals surface area contributed by atoms with Gasteiger partial charge in [0.2, 0.25) is 0 Å². The van der Waals surface area contributed by atoms with Crippen molar-refractivity contribution in [3.8, 4) is 5.75 Å². The number of hydrogen-bond donors (Lipinski definition) is 1. The number of nitrogens with one attached hydrogen (secondary N) is 1. The van der Waals surface area contributed by atoms with Gasteiger partial charge < -0.3 is 9.47 Å². The quantitative estimate of drug-likeness (QED) is 0.792. The van der Waals surface area contributed by atoms with Gasteiger partial charge in [0, 0.05) is 0 Å². The molecule has 7 nitrogen and oxygen atoms in total. The van der Waals surface area contributed by atoms with Gasteiger partial charge in [0.15, 0.2) is 0 Å². The summed E-state index contributed by atoms with van der Waals surface area (Å²) in [5.41, 5.74) is -0.313. The number of benzene rings is 2. The Bertz CT molecular complexity index is 966. The Morgan fingerprint density at radius 1 is 1.03 bits per heavy atom. The van der Waals surface area contributed by atoms with E-state index in [1.54, 1.807) is 45.0 Å². The molecular formula is C21H21FN2O5. The van der Waals surface area contributed by atoms with E-state index in [0.717, 1.165) is 17.0 Å². The van der Waals surface area contributed by atoms with Crippen molar-refractivity contribution in [2.24, 2.45) is 0 Å². The summed E-state index contributed by atoms with van der Waals surface area (Å²) < 4.78 is 24.0. The van der Waals surface area contributed by atoms with Gasteiger partial charge in [-0.1, -0.05) is 12.1 Å². The van der Waals surface area contributed by atoms with Crippen LogP contribution in [-0.4, -0.2) is 35.5 Å². The summed E-state index contributed by atoms with van der Waals surface area (Å²) in [6.07, 6.45) is -1.95. The fourth-order valence-corrected chi connectivity index (χ4v) is 2.97. The van der Waals surface area contributed by atoms with E-state index >= 15 is 0 Å². The number of carbonyl (C=O) groups excluding carboxylic acids is 3. The van der Waals surface area contributed by atoms with Crippen LogP contribution in [0.2, 0.25) is 0 Å². The minimum absolute atomic E-state index is 0.0560. The van der Waals surface area contributed by atoms with Gasteiger partial charge in [-0.15, -0.1) is 0 Å². The first-order chi connectivity index (χ1) is 13.6. The molecule has 1 atom stereocenters. The maximum Gasteiger partial charge on any atom is 0.409 e. The second kappa shape index (κ2) is 7.54. The predicted molar refractivity (Wildman–Crippen MR) is 102 cm³/mol. The van der Waals surface area contributed by atoms with Crippen LogP contribution in [0.15, 0.2) is 42.5 Å². The first kappa shape index (κ1) is 20.3. The van der Waals surface area contributed by atoms with Crippen molar-refractivity contribution in [3.63, 3.8) is 0 Å². The summed E-state index contributed by atoms with van der Waals surface area (Å²) >= 11 is 0. The van der Waals surface area contributed by atoms with E-state index in [9.17, 15) is 18.8 Å². The third-order valence-electron chi connectivity index (χ3n) is 4.22. The van der Waals surface area contributed by atoms with Crippen LogP contribution in [0.25, 0.3) is 0 Å². The van der Waals surface area contributed by atoms with Crippen LogP contribution in [0.3, 0.4) is 0 Å². The van der Waals surface area contributed by atoms with Gasteiger partial charge in [0.1, 0.15) is 23.3 Å². The Morgan fingerprint density at radius 3 is 2.24 bits per heavy atom. The molecule has 2 aromatic carbocycles. The van der Waals surface area contributed by atoms with Gasteiger partial charge >= 0.3 is 6.09 Å². The molecule has 0 bridgehead atoms. The number of halogens is 1. The molecule has 29 heavy (non-hydrogen) atoms. The highest BCUT2D eigenvalue weighted by Gasteiger charge is 2.42. The van der Waals surface area contributed by atoms with Crippen LogP contribution < -0.4 is 10.1 Å². The molecule has 0 saturated carbocycles. The van der Waals surface area contributed by atoms with E-state index < -0.39 is 35.5 Å². The number of ether oxygens (including phenoxy) is 2. The fourth-order valence-electron chi connectivity index (χ4n) is 2.97. The highest BCUT2D eigenvalue weighted by Crippen LogP contribution is 2.31. The standard InChI is InChI=1S/C21H21FN2O5/c1-21(2,3)29-20(27)23-17(12-5-8-14(28-4)9-6-12)24-18(25)15-10-7-13(22)11-16(15)19(24)26/h5-11,17H,1-4H3,(H,23,27). The fraction of sp³-hybridized carbons (Fsp3) is 0.286. The number of fused-ring (bicyclic) bond motifs is 1. The van der Waals surface area contributed by atoms with Crippen molar-refractivity contribution in [3.05, 3.63) is 65.0 Å². The van der Waals surface area contributed by atoms with E-state index in [0.29, 0.717) is 11.3 Å². The first-order valence-corrected chi connectivity index (χ1v) is 8.91. The van der Waals surface area contributed by atoms with Crippen molar-refractivity contribution >= 4 is 17.9 Å². The number of carbonyl (C=O) groups is 3. The van der Waals surface area contributed by atoms with Crippen LogP contribution in [-0.2, 0) is 4.74 Å². The third kappa shape index (κ3) is 4.21. The van der Waals surface area contributed by atoms with Crippen LogP contribution in [0.4, 0.5) is 9.18 Å². The van der Waals surface area contributed by atoms with Crippen LogP contribution in [0.5, 0.6) is 5.75 Å². The molecule has 1 heterocycles. The SMILES string of the molecule is COc1ccc(C(NC(=O)OC(C)(C)C)N2C(=O)c3ccc(F)cc3C2=O)cc1. The number of alkyl carbamates (subject to hydrolysis) is 1. The lowest BCUT2D eigenvalue weighted by molar-refractivity contribution is 0.0385. The molecular weight excluding hydrogens is 379 g/mol. The molecule has 0 spiro atoms. The zero-order chi connectivity index (χ0) is 21.3. The van der Waals surface area contributed by atoms with Gasteiger partial charge in [0.25, 0.3) is 11.8 Å². The summed E-state index contributed by atoms with van der Waals surface area (Å²) in [6, 6.07) is 9.87. The lowest BCUT2D eigenvalue weighted by Crippen LogP contribution is -2.45. The zero-order valence-corrected chi connectivity index (χ0v) is 16.5. The summed E-state index contributed by atoms with van der Waals surface area (Å²) in [6.45, 7) is 5.08.